The van der Waals surface area contributed by atoms with Crippen LogP contribution in [0.5, 0.6) is 5.75 Å². The van der Waals surface area contributed by atoms with Gasteiger partial charge in [0, 0.05) is 13.1 Å². The van der Waals surface area contributed by atoms with Crippen LogP contribution in [0, 0.1) is 12.8 Å². The Hall–Kier alpha value is -2.04. The number of amides is 1. The maximum absolute atomic E-state index is 12.5. The number of phenols is 1. The van der Waals surface area contributed by atoms with Crippen molar-refractivity contribution in [3.05, 3.63) is 29.3 Å². The fourth-order valence-electron chi connectivity index (χ4n) is 2.61. The lowest BCUT2D eigenvalue weighted by Gasteiger charge is -2.31. The number of hydrogen-bond donors (Lipinski definition) is 1. The van der Waals surface area contributed by atoms with E-state index in [0.29, 0.717) is 25.3 Å². The molecule has 0 radical (unpaired) electrons. The number of hydrogen-bond acceptors (Lipinski definition) is 4. The molecule has 0 saturated carbocycles. The lowest BCUT2D eigenvalue weighted by atomic mass is 9.97. The summed E-state index contributed by atoms with van der Waals surface area (Å²) in [4.78, 5) is 26.0. The molecule has 1 aromatic rings. The molecule has 5 nitrogen and oxygen atoms in total. The number of likely N-dealkylation sites (tertiary alicyclic amines) is 1. The number of carbonyl (C=O) groups is 2. The van der Waals surface area contributed by atoms with E-state index in [1.807, 2.05) is 6.92 Å². The minimum atomic E-state index is -0.269. The van der Waals surface area contributed by atoms with Crippen molar-refractivity contribution in [3.8, 4) is 5.75 Å². The van der Waals surface area contributed by atoms with Gasteiger partial charge in [0.25, 0.3) is 5.91 Å². The van der Waals surface area contributed by atoms with E-state index in [2.05, 4.69) is 0 Å². The van der Waals surface area contributed by atoms with Crippen LogP contribution in [0.1, 0.15) is 35.7 Å². The fraction of sp³-hybridized carbons (Fsp3) is 0.500. The molecule has 0 spiro atoms. The molecule has 1 aliphatic rings. The molecule has 0 aliphatic carbocycles. The van der Waals surface area contributed by atoms with Crippen molar-refractivity contribution in [1.29, 1.82) is 0 Å². The lowest BCUT2D eigenvalue weighted by Crippen LogP contribution is -2.42. The third-order valence-electron chi connectivity index (χ3n) is 3.71. The van der Waals surface area contributed by atoms with E-state index in [4.69, 9.17) is 4.74 Å². The summed E-state index contributed by atoms with van der Waals surface area (Å²) in [6.45, 7) is 4.94. The monoisotopic (exact) mass is 291 g/mol. The quantitative estimate of drug-likeness (QED) is 0.866. The highest BCUT2D eigenvalue weighted by Gasteiger charge is 2.30. The molecule has 1 unspecified atom stereocenters. The molecule has 1 amide bonds. The summed E-state index contributed by atoms with van der Waals surface area (Å²) in [6, 6.07) is 4.95. The summed E-state index contributed by atoms with van der Waals surface area (Å²) in [5.41, 5.74) is 1.20. The molecule has 1 fully saturated rings. The topological polar surface area (TPSA) is 66.8 Å². The number of benzene rings is 1. The van der Waals surface area contributed by atoms with E-state index in [1.54, 1.807) is 24.0 Å². The number of nitrogens with zero attached hydrogens (tertiary/aromatic N) is 1. The van der Waals surface area contributed by atoms with Crippen molar-refractivity contribution in [2.24, 2.45) is 5.92 Å². The van der Waals surface area contributed by atoms with Gasteiger partial charge in [-0.25, -0.2) is 0 Å². The molecule has 1 saturated heterocycles. The average Bonchev–Trinajstić information content (AvgIpc) is 2.49. The zero-order chi connectivity index (χ0) is 15.4. The predicted octanol–water partition coefficient (Wildman–Crippen LogP) is 2.12. The summed E-state index contributed by atoms with van der Waals surface area (Å²) in [5.74, 6) is -0.771. The van der Waals surface area contributed by atoms with Crippen molar-refractivity contribution in [2.75, 3.05) is 19.7 Å². The number of phenolic OH excluding ortho intramolecular Hbond substituents is 1. The number of piperidine rings is 1. The van der Waals surface area contributed by atoms with E-state index in [0.717, 1.165) is 18.4 Å². The smallest absolute Gasteiger partial charge is 0.310 e. The standard InChI is InChI=1S/C16H21NO4/c1-3-21-16(20)12-5-4-8-17(10-12)15(19)13-9-11(2)6-7-14(13)18/h6-7,9,12,18H,3-5,8,10H2,1-2H3. The van der Waals surface area contributed by atoms with Crippen molar-refractivity contribution in [2.45, 2.75) is 26.7 Å². The molecule has 114 valence electrons. The Labute approximate surface area is 124 Å². The number of aryl methyl sites for hydroxylation is 1. The maximum Gasteiger partial charge on any atom is 0.310 e. The zero-order valence-corrected chi connectivity index (χ0v) is 12.5. The summed E-state index contributed by atoms with van der Waals surface area (Å²) >= 11 is 0. The summed E-state index contributed by atoms with van der Waals surface area (Å²) < 4.78 is 5.03. The third kappa shape index (κ3) is 3.54. The SMILES string of the molecule is CCOC(=O)C1CCCN(C(=O)c2cc(C)ccc2O)C1. The Morgan fingerprint density at radius 2 is 2.19 bits per heavy atom. The van der Waals surface area contributed by atoms with E-state index in [1.165, 1.54) is 6.07 Å². The molecular formula is C16H21NO4. The van der Waals surface area contributed by atoms with Crippen molar-refractivity contribution in [1.82, 2.24) is 4.90 Å². The molecule has 0 aromatic heterocycles. The first-order chi connectivity index (χ1) is 10.0. The van der Waals surface area contributed by atoms with Crippen molar-refractivity contribution >= 4 is 11.9 Å². The number of aromatic hydroxyl groups is 1. The molecular weight excluding hydrogens is 270 g/mol. The van der Waals surface area contributed by atoms with Gasteiger partial charge >= 0.3 is 5.97 Å². The summed E-state index contributed by atoms with van der Waals surface area (Å²) in [7, 11) is 0. The van der Waals surface area contributed by atoms with Crippen LogP contribution in [0.15, 0.2) is 18.2 Å². The van der Waals surface area contributed by atoms with Gasteiger partial charge in [-0.05, 0) is 38.8 Å². The van der Waals surface area contributed by atoms with E-state index in [9.17, 15) is 14.7 Å². The van der Waals surface area contributed by atoms with Gasteiger partial charge < -0.3 is 14.7 Å². The van der Waals surface area contributed by atoms with Crippen LogP contribution in [0.3, 0.4) is 0 Å². The van der Waals surface area contributed by atoms with Gasteiger partial charge in [-0.2, -0.15) is 0 Å². The van der Waals surface area contributed by atoms with Crippen LogP contribution in [0.4, 0.5) is 0 Å². The molecule has 1 N–H and O–H groups in total. The van der Waals surface area contributed by atoms with E-state index in [-0.39, 0.29) is 23.5 Å². The van der Waals surface area contributed by atoms with Crippen LogP contribution in [-0.2, 0) is 9.53 Å². The van der Waals surface area contributed by atoms with Gasteiger partial charge in [0.15, 0.2) is 0 Å². The molecule has 2 rings (SSSR count). The molecule has 1 aliphatic heterocycles. The molecule has 21 heavy (non-hydrogen) atoms. The van der Waals surface area contributed by atoms with Crippen LogP contribution >= 0.6 is 0 Å². The van der Waals surface area contributed by atoms with Gasteiger partial charge in [-0.3, -0.25) is 9.59 Å². The number of carbonyl (C=O) groups excluding carboxylic acids is 2. The van der Waals surface area contributed by atoms with Gasteiger partial charge in [-0.15, -0.1) is 0 Å². The van der Waals surface area contributed by atoms with Gasteiger partial charge in [-0.1, -0.05) is 11.6 Å². The van der Waals surface area contributed by atoms with E-state index >= 15 is 0 Å². The highest BCUT2D eigenvalue weighted by atomic mass is 16.5. The van der Waals surface area contributed by atoms with Crippen LogP contribution in [0.2, 0.25) is 0 Å². The number of esters is 1. The average molecular weight is 291 g/mol. The zero-order valence-electron chi connectivity index (χ0n) is 12.5. The Morgan fingerprint density at radius 3 is 2.90 bits per heavy atom. The fourth-order valence-corrected chi connectivity index (χ4v) is 2.61. The second-order valence-corrected chi connectivity index (χ2v) is 5.36. The van der Waals surface area contributed by atoms with Crippen LogP contribution < -0.4 is 0 Å². The van der Waals surface area contributed by atoms with Gasteiger partial charge in [0.2, 0.25) is 0 Å². The van der Waals surface area contributed by atoms with Gasteiger partial charge in [0.05, 0.1) is 18.1 Å². The summed E-state index contributed by atoms with van der Waals surface area (Å²) in [5, 5.41) is 9.86. The first-order valence-electron chi connectivity index (χ1n) is 7.28. The second-order valence-electron chi connectivity index (χ2n) is 5.36. The maximum atomic E-state index is 12.5. The normalized spacial score (nSPS) is 18.4. The first-order valence-corrected chi connectivity index (χ1v) is 7.28. The van der Waals surface area contributed by atoms with Crippen LogP contribution in [-0.4, -0.2) is 41.6 Å². The molecule has 1 heterocycles. The Kier molecular flexibility index (Phi) is 4.83. The van der Waals surface area contributed by atoms with Crippen LogP contribution in [0.25, 0.3) is 0 Å². The highest BCUT2D eigenvalue weighted by Crippen LogP contribution is 2.24. The minimum Gasteiger partial charge on any atom is -0.507 e. The Morgan fingerprint density at radius 1 is 1.43 bits per heavy atom. The molecule has 5 heteroatoms. The highest BCUT2D eigenvalue weighted by molar-refractivity contribution is 5.97. The molecule has 0 bridgehead atoms. The Bertz CT molecular complexity index is 541. The minimum absolute atomic E-state index is 0.0242. The Balaban J connectivity index is 2.12. The first kappa shape index (κ1) is 15.4. The molecule has 1 aromatic carbocycles. The van der Waals surface area contributed by atoms with Crippen molar-refractivity contribution < 1.29 is 19.4 Å². The predicted molar refractivity (Wildman–Crippen MR) is 78.1 cm³/mol. The van der Waals surface area contributed by atoms with E-state index < -0.39 is 0 Å². The largest absolute Gasteiger partial charge is 0.507 e. The number of ether oxygens (including phenoxy) is 1. The summed E-state index contributed by atoms with van der Waals surface area (Å²) in [6.07, 6.45) is 1.50. The lowest BCUT2D eigenvalue weighted by molar-refractivity contribution is -0.149. The number of rotatable bonds is 3. The second kappa shape index (κ2) is 6.61. The van der Waals surface area contributed by atoms with Crippen molar-refractivity contribution in [3.63, 3.8) is 0 Å². The molecule has 1 atom stereocenters. The third-order valence-corrected chi connectivity index (χ3v) is 3.71. The van der Waals surface area contributed by atoms with Gasteiger partial charge in [0.1, 0.15) is 5.75 Å².